The van der Waals surface area contributed by atoms with Crippen molar-refractivity contribution in [2.75, 3.05) is 7.05 Å². The van der Waals surface area contributed by atoms with E-state index in [9.17, 15) is 0 Å². The van der Waals surface area contributed by atoms with Crippen LogP contribution >= 0.6 is 0 Å². The first-order chi connectivity index (χ1) is 9.20. The van der Waals surface area contributed by atoms with E-state index in [1.165, 1.54) is 44.2 Å². The van der Waals surface area contributed by atoms with E-state index in [-0.39, 0.29) is 0 Å². The summed E-state index contributed by atoms with van der Waals surface area (Å²) in [4.78, 5) is 0. The predicted octanol–water partition coefficient (Wildman–Crippen LogP) is 3.56. The van der Waals surface area contributed by atoms with Crippen molar-refractivity contribution in [2.24, 2.45) is 5.92 Å². The Balaban J connectivity index is 1.96. The van der Waals surface area contributed by atoms with Gasteiger partial charge in [0.15, 0.2) is 0 Å². The van der Waals surface area contributed by atoms with Gasteiger partial charge < -0.3 is 5.32 Å². The van der Waals surface area contributed by atoms with E-state index in [4.69, 9.17) is 5.10 Å². The van der Waals surface area contributed by atoms with Gasteiger partial charge in [0.25, 0.3) is 0 Å². The highest BCUT2D eigenvalue weighted by atomic mass is 15.3. The first-order valence-corrected chi connectivity index (χ1v) is 7.92. The van der Waals surface area contributed by atoms with E-state index >= 15 is 0 Å². The Morgan fingerprint density at radius 3 is 2.47 bits per heavy atom. The van der Waals surface area contributed by atoms with Crippen molar-refractivity contribution in [3.63, 3.8) is 0 Å². The lowest BCUT2D eigenvalue weighted by atomic mass is 9.89. The molecule has 1 aliphatic rings. The number of likely N-dealkylation sites (N-methyl/N-ethyl adjacent to an activating group) is 1. The van der Waals surface area contributed by atoms with Crippen molar-refractivity contribution in [3.8, 4) is 0 Å². The zero-order valence-corrected chi connectivity index (χ0v) is 12.7. The van der Waals surface area contributed by atoms with Crippen LogP contribution in [0.4, 0.5) is 0 Å². The lowest BCUT2D eigenvalue weighted by molar-refractivity contribution is 0.329. The second-order valence-corrected chi connectivity index (χ2v) is 6.23. The van der Waals surface area contributed by atoms with Crippen LogP contribution in [-0.2, 0) is 6.42 Å². The minimum atomic E-state index is 0.458. The second-order valence-electron chi connectivity index (χ2n) is 6.23. The van der Waals surface area contributed by atoms with Crippen LogP contribution in [0.25, 0.3) is 0 Å². The summed E-state index contributed by atoms with van der Waals surface area (Å²) in [6.07, 6.45) is 11.6. The SMILES string of the molecule is CNC(Cc1ccn(C(C)C)n1)C1CCCCCC1. The first kappa shape index (κ1) is 14.6. The molecule has 0 aromatic carbocycles. The highest BCUT2D eigenvalue weighted by Crippen LogP contribution is 2.26. The molecule has 1 N–H and O–H groups in total. The minimum Gasteiger partial charge on any atom is -0.316 e. The van der Waals surface area contributed by atoms with Crippen molar-refractivity contribution < 1.29 is 0 Å². The molecule has 1 aromatic rings. The third kappa shape index (κ3) is 4.07. The van der Waals surface area contributed by atoms with Crippen LogP contribution in [0.2, 0.25) is 0 Å². The number of hydrogen-bond acceptors (Lipinski definition) is 2. The number of rotatable bonds is 5. The lowest BCUT2D eigenvalue weighted by Gasteiger charge is -2.25. The molecule has 1 unspecified atom stereocenters. The van der Waals surface area contributed by atoms with Crippen LogP contribution in [0.1, 0.15) is 64.1 Å². The summed E-state index contributed by atoms with van der Waals surface area (Å²) in [5.74, 6) is 0.830. The summed E-state index contributed by atoms with van der Waals surface area (Å²) in [5.41, 5.74) is 1.23. The molecule has 0 spiro atoms. The third-order valence-corrected chi connectivity index (χ3v) is 4.46. The van der Waals surface area contributed by atoms with Gasteiger partial charge in [0.2, 0.25) is 0 Å². The van der Waals surface area contributed by atoms with Crippen LogP contribution in [0.15, 0.2) is 12.3 Å². The maximum absolute atomic E-state index is 4.69. The van der Waals surface area contributed by atoms with E-state index in [0.717, 1.165) is 12.3 Å². The van der Waals surface area contributed by atoms with Crippen LogP contribution in [0.3, 0.4) is 0 Å². The molecular weight excluding hydrogens is 234 g/mol. The molecule has 3 nitrogen and oxygen atoms in total. The van der Waals surface area contributed by atoms with Gasteiger partial charge in [-0.15, -0.1) is 0 Å². The van der Waals surface area contributed by atoms with Crippen molar-refractivity contribution in [1.82, 2.24) is 15.1 Å². The molecule has 19 heavy (non-hydrogen) atoms. The molecule has 1 heterocycles. The maximum Gasteiger partial charge on any atom is 0.0640 e. The molecule has 0 saturated heterocycles. The largest absolute Gasteiger partial charge is 0.316 e. The second kappa shape index (κ2) is 7.09. The molecule has 0 radical (unpaired) electrons. The quantitative estimate of drug-likeness (QED) is 0.823. The monoisotopic (exact) mass is 263 g/mol. The fourth-order valence-corrected chi connectivity index (χ4v) is 3.22. The van der Waals surface area contributed by atoms with Crippen molar-refractivity contribution >= 4 is 0 Å². The zero-order chi connectivity index (χ0) is 13.7. The minimum absolute atomic E-state index is 0.458. The van der Waals surface area contributed by atoms with E-state index in [1.54, 1.807) is 0 Å². The van der Waals surface area contributed by atoms with Crippen LogP contribution in [-0.4, -0.2) is 22.9 Å². The van der Waals surface area contributed by atoms with Gasteiger partial charge in [0.1, 0.15) is 0 Å². The van der Waals surface area contributed by atoms with E-state index in [1.807, 2.05) is 0 Å². The van der Waals surface area contributed by atoms with Gasteiger partial charge in [-0.2, -0.15) is 5.10 Å². The number of hydrogen-bond donors (Lipinski definition) is 1. The molecule has 1 aliphatic carbocycles. The maximum atomic E-state index is 4.69. The molecule has 108 valence electrons. The Hall–Kier alpha value is -0.830. The molecule has 1 aromatic heterocycles. The smallest absolute Gasteiger partial charge is 0.0640 e. The molecule has 0 aliphatic heterocycles. The first-order valence-electron chi connectivity index (χ1n) is 7.92. The lowest BCUT2D eigenvalue weighted by Crippen LogP contribution is -2.35. The van der Waals surface area contributed by atoms with Gasteiger partial charge >= 0.3 is 0 Å². The normalized spacial score (nSPS) is 19.6. The van der Waals surface area contributed by atoms with E-state index in [0.29, 0.717) is 12.1 Å². The molecule has 3 heteroatoms. The van der Waals surface area contributed by atoms with Gasteiger partial charge in [-0.1, -0.05) is 25.7 Å². The molecular formula is C16H29N3. The highest BCUT2D eigenvalue weighted by Gasteiger charge is 2.22. The molecule has 0 bridgehead atoms. The Kier molecular flexibility index (Phi) is 5.44. The summed E-state index contributed by atoms with van der Waals surface area (Å²) >= 11 is 0. The third-order valence-electron chi connectivity index (χ3n) is 4.46. The topological polar surface area (TPSA) is 29.9 Å². The fourth-order valence-electron chi connectivity index (χ4n) is 3.22. The standard InChI is InChI=1S/C16H29N3/c1-13(2)19-11-10-15(18-19)12-16(17-3)14-8-6-4-5-7-9-14/h10-11,13-14,16-17H,4-9,12H2,1-3H3. The van der Waals surface area contributed by atoms with Gasteiger partial charge in [-0.05, 0) is 45.7 Å². The van der Waals surface area contributed by atoms with Crippen LogP contribution in [0.5, 0.6) is 0 Å². The zero-order valence-electron chi connectivity index (χ0n) is 12.7. The Labute approximate surface area is 117 Å². The molecule has 1 fully saturated rings. The van der Waals surface area contributed by atoms with Gasteiger partial charge in [-0.25, -0.2) is 0 Å². The van der Waals surface area contributed by atoms with E-state index in [2.05, 4.69) is 43.2 Å². The van der Waals surface area contributed by atoms with Gasteiger partial charge in [-0.3, -0.25) is 4.68 Å². The highest BCUT2D eigenvalue weighted by molar-refractivity contribution is 5.03. The predicted molar refractivity (Wildman–Crippen MR) is 80.4 cm³/mol. The summed E-state index contributed by atoms with van der Waals surface area (Å²) in [7, 11) is 2.11. The average molecular weight is 263 g/mol. The Morgan fingerprint density at radius 1 is 1.26 bits per heavy atom. The van der Waals surface area contributed by atoms with Crippen LogP contribution < -0.4 is 5.32 Å². The molecule has 0 amide bonds. The molecule has 1 atom stereocenters. The summed E-state index contributed by atoms with van der Waals surface area (Å²) in [6.45, 7) is 4.36. The Bertz CT molecular complexity index is 362. The fraction of sp³-hybridized carbons (Fsp3) is 0.812. The van der Waals surface area contributed by atoms with Gasteiger partial charge in [0.05, 0.1) is 5.69 Å². The number of nitrogens with zero attached hydrogens (tertiary/aromatic N) is 2. The van der Waals surface area contributed by atoms with Crippen molar-refractivity contribution in [1.29, 1.82) is 0 Å². The summed E-state index contributed by atoms with van der Waals surface area (Å²) in [6, 6.07) is 3.23. The average Bonchev–Trinajstić information content (AvgIpc) is 2.70. The van der Waals surface area contributed by atoms with Crippen molar-refractivity contribution in [3.05, 3.63) is 18.0 Å². The van der Waals surface area contributed by atoms with Crippen LogP contribution in [0, 0.1) is 5.92 Å². The van der Waals surface area contributed by atoms with Gasteiger partial charge in [0, 0.05) is 24.7 Å². The number of nitrogens with one attached hydrogen (secondary N) is 1. The Morgan fingerprint density at radius 2 is 1.95 bits per heavy atom. The molecule has 1 saturated carbocycles. The molecule has 2 rings (SSSR count). The van der Waals surface area contributed by atoms with Crippen molar-refractivity contribution in [2.45, 2.75) is 70.9 Å². The number of aromatic nitrogens is 2. The van der Waals surface area contributed by atoms with E-state index < -0.39 is 0 Å². The summed E-state index contributed by atoms with van der Waals surface area (Å²) in [5, 5.41) is 8.23. The summed E-state index contributed by atoms with van der Waals surface area (Å²) < 4.78 is 2.06.